The fourth-order valence-electron chi connectivity index (χ4n) is 6.51. The molecule has 1 saturated carbocycles. The Labute approximate surface area is 256 Å². The lowest BCUT2D eigenvalue weighted by atomic mass is 9.72. The molecule has 3 aromatic carbocycles. The third kappa shape index (κ3) is 6.45. The minimum atomic E-state index is -3.90. The fraction of sp³-hybridized carbons (Fsp3) is 0.324. The summed E-state index contributed by atoms with van der Waals surface area (Å²) in [4.78, 5) is 33.9. The van der Waals surface area contributed by atoms with Gasteiger partial charge in [-0.3, -0.25) is 14.6 Å². The molecule has 3 atom stereocenters. The van der Waals surface area contributed by atoms with E-state index in [9.17, 15) is 18.0 Å². The molecule has 7 nitrogen and oxygen atoms in total. The fourth-order valence-corrected chi connectivity index (χ4v) is 8.47. The van der Waals surface area contributed by atoms with Crippen molar-refractivity contribution in [2.24, 2.45) is 17.8 Å². The molecule has 2 fully saturated rings. The second-order valence-corrected chi connectivity index (χ2v) is 14.2. The number of hydrogen-bond donors (Lipinski definition) is 0. The molecular formula is C34H33ClN2O5S. The van der Waals surface area contributed by atoms with Gasteiger partial charge in [-0.15, -0.1) is 0 Å². The zero-order valence-corrected chi connectivity index (χ0v) is 25.2. The second kappa shape index (κ2) is 12.5. The first-order valence-corrected chi connectivity index (χ1v) is 16.6. The summed E-state index contributed by atoms with van der Waals surface area (Å²) in [6, 6.07) is 22.9. The van der Waals surface area contributed by atoms with Crippen LogP contribution < -0.4 is 9.64 Å². The summed E-state index contributed by atoms with van der Waals surface area (Å²) in [6.45, 7) is 1.69. The maximum absolute atomic E-state index is 13.9. The number of esters is 1. The van der Waals surface area contributed by atoms with E-state index >= 15 is 0 Å². The van der Waals surface area contributed by atoms with Crippen molar-refractivity contribution in [1.82, 2.24) is 4.98 Å². The van der Waals surface area contributed by atoms with Gasteiger partial charge in [0.2, 0.25) is 0 Å². The number of para-hydroxylation sites is 1. The standard InChI is InChI=1S/C34H33ClN2O5S/c35-26-8-6-25-20-29(9-7-24(25)19-26)43(40,41)30-21-32(34(39)42-28-4-2-1-3-5-28)31(33(38)22-30)18-23-12-16-37(17-13-23)27-10-14-36-15-11-27/h1-11,14-15,19-20,23,30-32H,12-13,16-18,21-22H2/t30?,31?,32-/m0/s1. The first kappa shape index (κ1) is 29.3. The summed E-state index contributed by atoms with van der Waals surface area (Å²) >= 11 is 6.10. The Hall–Kier alpha value is -3.75. The summed E-state index contributed by atoms with van der Waals surface area (Å²) in [5, 5.41) is 1.12. The normalized spacial score (nSPS) is 21.6. The molecule has 2 unspecified atom stereocenters. The van der Waals surface area contributed by atoms with Crippen LogP contribution in [0, 0.1) is 17.8 Å². The van der Waals surface area contributed by atoms with Crippen LogP contribution in [0.5, 0.6) is 5.75 Å². The quantitative estimate of drug-likeness (QED) is 0.172. The lowest BCUT2D eigenvalue weighted by molar-refractivity contribution is -0.147. The number of halogens is 1. The lowest BCUT2D eigenvalue weighted by Crippen LogP contribution is -2.45. The number of piperidine rings is 1. The van der Waals surface area contributed by atoms with E-state index in [4.69, 9.17) is 16.3 Å². The highest BCUT2D eigenvalue weighted by atomic mass is 35.5. The monoisotopic (exact) mass is 616 g/mol. The average Bonchev–Trinajstić information content (AvgIpc) is 3.02. The molecule has 2 heterocycles. The van der Waals surface area contributed by atoms with Crippen LogP contribution in [0.1, 0.15) is 32.1 Å². The van der Waals surface area contributed by atoms with E-state index in [1.807, 2.05) is 18.2 Å². The highest BCUT2D eigenvalue weighted by Crippen LogP contribution is 2.40. The molecule has 6 rings (SSSR count). The van der Waals surface area contributed by atoms with Crippen LogP contribution in [-0.4, -0.2) is 43.5 Å². The Morgan fingerprint density at radius 2 is 1.63 bits per heavy atom. The molecule has 222 valence electrons. The van der Waals surface area contributed by atoms with Crippen LogP contribution >= 0.6 is 11.6 Å². The van der Waals surface area contributed by atoms with Crippen molar-refractivity contribution in [3.8, 4) is 5.75 Å². The summed E-state index contributed by atoms with van der Waals surface area (Å²) < 4.78 is 33.5. The number of ketones is 1. The molecule has 0 amide bonds. The molecule has 4 aromatic rings. The van der Waals surface area contributed by atoms with Gasteiger partial charge in [-0.25, -0.2) is 8.42 Å². The highest BCUT2D eigenvalue weighted by Gasteiger charge is 2.47. The molecule has 0 radical (unpaired) electrons. The van der Waals surface area contributed by atoms with Crippen molar-refractivity contribution >= 4 is 49.7 Å². The van der Waals surface area contributed by atoms with Crippen molar-refractivity contribution in [2.45, 2.75) is 42.2 Å². The molecule has 1 aromatic heterocycles. The summed E-state index contributed by atoms with van der Waals surface area (Å²) in [7, 11) is -3.90. The van der Waals surface area contributed by atoms with Gasteiger partial charge in [0.15, 0.2) is 9.84 Å². The topological polar surface area (TPSA) is 93.6 Å². The minimum Gasteiger partial charge on any atom is -0.426 e. The van der Waals surface area contributed by atoms with E-state index in [1.165, 1.54) is 0 Å². The average molecular weight is 617 g/mol. The molecular weight excluding hydrogens is 584 g/mol. The number of sulfone groups is 1. The van der Waals surface area contributed by atoms with Crippen molar-refractivity contribution in [1.29, 1.82) is 0 Å². The van der Waals surface area contributed by atoms with Crippen molar-refractivity contribution in [2.75, 3.05) is 18.0 Å². The Morgan fingerprint density at radius 1 is 0.930 bits per heavy atom. The number of rotatable bonds is 7. The zero-order chi connectivity index (χ0) is 30.0. The number of carbonyl (C=O) groups is 2. The lowest BCUT2D eigenvalue weighted by Gasteiger charge is -2.38. The van der Waals surface area contributed by atoms with E-state index in [0.717, 1.165) is 42.4 Å². The van der Waals surface area contributed by atoms with E-state index in [1.54, 1.807) is 73.1 Å². The smallest absolute Gasteiger partial charge is 0.315 e. The third-order valence-electron chi connectivity index (χ3n) is 8.88. The molecule has 1 saturated heterocycles. The Balaban J connectivity index is 1.23. The predicted octanol–water partition coefficient (Wildman–Crippen LogP) is 6.54. The number of carbonyl (C=O) groups excluding carboxylic acids is 2. The van der Waals surface area contributed by atoms with Gasteiger partial charge in [0.1, 0.15) is 11.5 Å². The Bertz CT molecular complexity index is 1720. The van der Waals surface area contributed by atoms with Crippen LogP contribution in [0.15, 0.2) is 96.2 Å². The largest absolute Gasteiger partial charge is 0.426 e. The van der Waals surface area contributed by atoms with Crippen LogP contribution in [0.4, 0.5) is 5.69 Å². The van der Waals surface area contributed by atoms with Crippen molar-refractivity contribution in [3.63, 3.8) is 0 Å². The number of Topliss-reactive ketones (excluding diaryl/α,β-unsaturated/α-hetero) is 1. The molecule has 0 N–H and O–H groups in total. The van der Waals surface area contributed by atoms with Crippen LogP contribution in [0.3, 0.4) is 0 Å². The van der Waals surface area contributed by atoms with Gasteiger partial charge in [0.05, 0.1) is 16.1 Å². The summed E-state index contributed by atoms with van der Waals surface area (Å²) in [5.74, 6) is -1.54. The maximum Gasteiger partial charge on any atom is 0.315 e. The van der Waals surface area contributed by atoms with Crippen molar-refractivity contribution < 1.29 is 22.7 Å². The molecule has 0 spiro atoms. The van der Waals surface area contributed by atoms with Crippen LogP contribution in [-0.2, 0) is 19.4 Å². The molecule has 1 aliphatic heterocycles. The van der Waals surface area contributed by atoms with Crippen LogP contribution in [0.25, 0.3) is 10.8 Å². The van der Waals surface area contributed by atoms with Gasteiger partial charge in [0.25, 0.3) is 0 Å². The van der Waals surface area contributed by atoms with Crippen molar-refractivity contribution in [3.05, 3.63) is 96.3 Å². The number of anilines is 1. The first-order valence-electron chi connectivity index (χ1n) is 14.7. The van der Waals surface area contributed by atoms with Gasteiger partial charge >= 0.3 is 5.97 Å². The highest BCUT2D eigenvalue weighted by molar-refractivity contribution is 7.92. The Morgan fingerprint density at radius 3 is 2.37 bits per heavy atom. The van der Waals surface area contributed by atoms with Gasteiger partial charge in [0, 0.05) is 48.5 Å². The van der Waals surface area contributed by atoms with Gasteiger partial charge in [-0.1, -0.05) is 41.9 Å². The number of fused-ring (bicyclic) bond motifs is 1. The van der Waals surface area contributed by atoms with E-state index in [0.29, 0.717) is 17.2 Å². The minimum absolute atomic E-state index is 0.0406. The van der Waals surface area contributed by atoms with Gasteiger partial charge < -0.3 is 9.64 Å². The molecule has 43 heavy (non-hydrogen) atoms. The van der Waals surface area contributed by atoms with Gasteiger partial charge in [-0.2, -0.15) is 0 Å². The SMILES string of the molecule is O=C1CC(S(=O)(=O)c2ccc3cc(Cl)ccc3c2)C[C@H](C(=O)Oc2ccccc2)C1CC1CCN(c2ccncc2)CC1. The molecule has 2 aliphatic rings. The third-order valence-corrected chi connectivity index (χ3v) is 11.3. The van der Waals surface area contributed by atoms with E-state index < -0.39 is 32.9 Å². The van der Waals surface area contributed by atoms with E-state index in [-0.39, 0.29) is 29.4 Å². The summed E-state index contributed by atoms with van der Waals surface area (Å²) in [5.41, 5.74) is 1.12. The molecule has 1 aliphatic carbocycles. The Kier molecular flexibility index (Phi) is 8.50. The number of aromatic nitrogens is 1. The molecule has 9 heteroatoms. The predicted molar refractivity (Wildman–Crippen MR) is 167 cm³/mol. The maximum atomic E-state index is 13.9. The number of ether oxygens (including phenoxy) is 1. The first-order chi connectivity index (χ1) is 20.8. The summed E-state index contributed by atoms with van der Waals surface area (Å²) in [6.07, 6.45) is 5.80. The zero-order valence-electron chi connectivity index (χ0n) is 23.6. The number of nitrogens with zero attached hydrogens (tertiary/aromatic N) is 2. The number of benzene rings is 3. The van der Waals surface area contributed by atoms with Crippen LogP contribution in [0.2, 0.25) is 5.02 Å². The van der Waals surface area contributed by atoms with E-state index in [2.05, 4.69) is 9.88 Å². The van der Waals surface area contributed by atoms with Gasteiger partial charge in [-0.05, 0) is 90.9 Å². The second-order valence-electron chi connectivity index (χ2n) is 11.5. The number of pyridine rings is 1. The number of hydrogen-bond acceptors (Lipinski definition) is 7. The molecule has 0 bridgehead atoms.